The second kappa shape index (κ2) is 3.74. The molecule has 0 radical (unpaired) electrons. The molecular formula is C11H11BrClN3O2. The number of hydrogen-bond donors (Lipinski definition) is 0. The molecule has 2 heterocycles. The standard InChI is InChI=1S/C11H11BrClN3O2/c1-14-11(5-2-6-11)16(12)10(18)9-7(13)3-4-8(17)15(9)14/h3-4H,2,5-6H2,1H3. The fraction of sp³-hybridized carbons (Fsp3) is 0.455. The molecule has 18 heavy (non-hydrogen) atoms. The molecule has 0 bridgehead atoms. The van der Waals surface area contributed by atoms with Crippen molar-refractivity contribution in [1.82, 2.24) is 8.60 Å². The minimum atomic E-state index is -0.446. The highest BCUT2D eigenvalue weighted by Crippen LogP contribution is 2.44. The van der Waals surface area contributed by atoms with Gasteiger partial charge >= 0.3 is 0 Å². The zero-order valence-electron chi connectivity index (χ0n) is 9.69. The molecule has 0 saturated heterocycles. The highest BCUT2D eigenvalue weighted by atomic mass is 79.9. The van der Waals surface area contributed by atoms with Crippen molar-refractivity contribution < 1.29 is 4.79 Å². The Morgan fingerprint density at radius 2 is 2.00 bits per heavy atom. The number of rotatable bonds is 0. The van der Waals surface area contributed by atoms with Crippen molar-refractivity contribution in [2.45, 2.75) is 24.9 Å². The van der Waals surface area contributed by atoms with Crippen LogP contribution in [-0.4, -0.2) is 27.2 Å². The van der Waals surface area contributed by atoms with Crippen molar-refractivity contribution in [2.75, 3.05) is 12.1 Å². The Hall–Kier alpha value is -1.01. The number of carbonyl (C=O) groups excluding carboxylic acids is 1. The van der Waals surface area contributed by atoms with Gasteiger partial charge in [0.05, 0.1) is 21.2 Å². The van der Waals surface area contributed by atoms with Crippen LogP contribution in [0.3, 0.4) is 0 Å². The minimum Gasteiger partial charge on any atom is -0.286 e. The summed E-state index contributed by atoms with van der Waals surface area (Å²) in [6, 6.07) is 2.84. The molecule has 3 rings (SSSR count). The molecule has 1 spiro atoms. The lowest BCUT2D eigenvalue weighted by Crippen LogP contribution is -2.71. The SMILES string of the molecule is CN1n2c(c(Cl)ccc2=O)C(=O)N(Br)C12CCC2. The summed E-state index contributed by atoms with van der Waals surface area (Å²) in [6.07, 6.45) is 2.70. The lowest BCUT2D eigenvalue weighted by Gasteiger charge is -2.56. The number of fused-ring (bicyclic) bond motifs is 1. The first-order valence-corrected chi connectivity index (χ1v) is 6.74. The van der Waals surface area contributed by atoms with E-state index < -0.39 is 5.66 Å². The van der Waals surface area contributed by atoms with Crippen molar-refractivity contribution in [3.05, 3.63) is 33.2 Å². The number of nitrogens with zero attached hydrogens (tertiary/aromatic N) is 3. The van der Waals surface area contributed by atoms with Gasteiger partial charge in [0, 0.05) is 13.1 Å². The van der Waals surface area contributed by atoms with Crippen LogP contribution in [-0.2, 0) is 0 Å². The highest BCUT2D eigenvalue weighted by molar-refractivity contribution is 9.07. The number of halogens is 2. The second-order valence-electron chi connectivity index (χ2n) is 4.63. The number of carbonyl (C=O) groups is 1. The molecule has 96 valence electrons. The molecule has 1 aliphatic heterocycles. The summed E-state index contributed by atoms with van der Waals surface area (Å²) in [5, 5.41) is 2.08. The summed E-state index contributed by atoms with van der Waals surface area (Å²) in [5.74, 6) is -0.268. The molecule has 0 atom stereocenters. The average molecular weight is 333 g/mol. The van der Waals surface area contributed by atoms with E-state index in [0.717, 1.165) is 19.3 Å². The summed E-state index contributed by atoms with van der Waals surface area (Å²) in [6.45, 7) is 0. The smallest absolute Gasteiger partial charge is 0.286 e. The summed E-state index contributed by atoms with van der Waals surface area (Å²) in [7, 11) is 1.81. The van der Waals surface area contributed by atoms with Gasteiger partial charge in [-0.25, -0.2) is 8.60 Å². The average Bonchev–Trinajstić information content (AvgIpc) is 2.27. The molecule has 1 saturated carbocycles. The van der Waals surface area contributed by atoms with Crippen LogP contribution in [0.15, 0.2) is 16.9 Å². The van der Waals surface area contributed by atoms with Crippen molar-refractivity contribution >= 4 is 33.7 Å². The predicted octanol–water partition coefficient (Wildman–Crippen LogP) is 1.72. The Morgan fingerprint density at radius 3 is 2.56 bits per heavy atom. The number of pyridine rings is 1. The highest BCUT2D eigenvalue weighted by Gasteiger charge is 2.53. The Bertz CT molecular complexity index is 596. The van der Waals surface area contributed by atoms with Crippen LogP contribution in [0.1, 0.15) is 29.8 Å². The van der Waals surface area contributed by atoms with Gasteiger partial charge in [-0.1, -0.05) is 11.6 Å². The van der Waals surface area contributed by atoms with E-state index in [1.54, 1.807) is 12.1 Å². The summed E-state index contributed by atoms with van der Waals surface area (Å²) >= 11 is 9.36. The lowest BCUT2D eigenvalue weighted by molar-refractivity contribution is 0.0385. The van der Waals surface area contributed by atoms with E-state index >= 15 is 0 Å². The first-order valence-electron chi connectivity index (χ1n) is 5.65. The Morgan fingerprint density at radius 1 is 1.33 bits per heavy atom. The van der Waals surface area contributed by atoms with Gasteiger partial charge in [0.2, 0.25) is 0 Å². The monoisotopic (exact) mass is 331 g/mol. The van der Waals surface area contributed by atoms with E-state index in [2.05, 4.69) is 16.1 Å². The van der Waals surface area contributed by atoms with E-state index in [4.69, 9.17) is 11.6 Å². The van der Waals surface area contributed by atoms with Gasteiger partial charge in [-0.2, -0.15) is 0 Å². The third kappa shape index (κ3) is 1.27. The molecule has 7 heteroatoms. The molecule has 0 aromatic carbocycles. The molecule has 1 fully saturated rings. The molecule has 1 aliphatic carbocycles. The van der Waals surface area contributed by atoms with Crippen LogP contribution in [0, 0.1) is 0 Å². The molecule has 1 aromatic heterocycles. The molecule has 2 aliphatic rings. The fourth-order valence-electron chi connectivity index (χ4n) is 2.60. The molecular weight excluding hydrogens is 321 g/mol. The van der Waals surface area contributed by atoms with Gasteiger partial charge in [0.1, 0.15) is 5.66 Å². The molecule has 0 N–H and O–H groups in total. The second-order valence-corrected chi connectivity index (χ2v) is 5.74. The summed E-state index contributed by atoms with van der Waals surface area (Å²) in [5.41, 5.74) is -0.475. The normalized spacial score (nSPS) is 20.9. The Labute approximate surface area is 117 Å². The predicted molar refractivity (Wildman–Crippen MR) is 71.5 cm³/mol. The zero-order chi connectivity index (χ0) is 13.1. The van der Waals surface area contributed by atoms with Crippen LogP contribution < -0.4 is 10.6 Å². The molecule has 0 unspecified atom stereocenters. The zero-order valence-corrected chi connectivity index (χ0v) is 12.0. The van der Waals surface area contributed by atoms with Gasteiger partial charge in [-0.3, -0.25) is 14.6 Å². The van der Waals surface area contributed by atoms with Gasteiger partial charge in [0.25, 0.3) is 11.5 Å². The van der Waals surface area contributed by atoms with E-state index in [1.165, 1.54) is 20.7 Å². The van der Waals surface area contributed by atoms with E-state index in [9.17, 15) is 9.59 Å². The third-order valence-electron chi connectivity index (χ3n) is 3.82. The van der Waals surface area contributed by atoms with Crippen LogP contribution in [0.4, 0.5) is 0 Å². The number of hydrogen-bond acceptors (Lipinski definition) is 3. The van der Waals surface area contributed by atoms with Crippen molar-refractivity contribution in [3.8, 4) is 0 Å². The minimum absolute atomic E-state index is 0.209. The molecule has 5 nitrogen and oxygen atoms in total. The van der Waals surface area contributed by atoms with Crippen molar-refractivity contribution in [3.63, 3.8) is 0 Å². The summed E-state index contributed by atoms with van der Waals surface area (Å²) < 4.78 is 2.89. The molecule has 1 amide bonds. The van der Waals surface area contributed by atoms with Crippen molar-refractivity contribution in [2.24, 2.45) is 0 Å². The van der Waals surface area contributed by atoms with E-state index in [-0.39, 0.29) is 22.2 Å². The molecule has 1 aromatic rings. The Balaban J connectivity index is 2.29. The van der Waals surface area contributed by atoms with Crippen LogP contribution >= 0.6 is 27.7 Å². The maximum Gasteiger partial charge on any atom is 0.286 e. The maximum absolute atomic E-state index is 12.4. The number of aromatic nitrogens is 1. The van der Waals surface area contributed by atoms with E-state index in [0.29, 0.717) is 0 Å². The summed E-state index contributed by atoms with van der Waals surface area (Å²) in [4.78, 5) is 24.3. The topological polar surface area (TPSA) is 45.6 Å². The quantitative estimate of drug-likeness (QED) is 0.680. The number of amides is 1. The first-order chi connectivity index (χ1) is 8.49. The van der Waals surface area contributed by atoms with E-state index in [1.807, 2.05) is 0 Å². The Kier molecular flexibility index (Phi) is 2.50. The van der Waals surface area contributed by atoms with Gasteiger partial charge in [0.15, 0.2) is 5.69 Å². The lowest BCUT2D eigenvalue weighted by atomic mass is 9.83. The van der Waals surface area contributed by atoms with Crippen molar-refractivity contribution in [1.29, 1.82) is 0 Å². The van der Waals surface area contributed by atoms with Gasteiger partial charge < -0.3 is 0 Å². The first kappa shape index (κ1) is 12.0. The van der Waals surface area contributed by atoms with Gasteiger partial charge in [-0.05, 0) is 25.3 Å². The van der Waals surface area contributed by atoms with Gasteiger partial charge in [-0.15, -0.1) is 0 Å². The fourth-order valence-corrected chi connectivity index (χ4v) is 3.58. The van der Waals surface area contributed by atoms with Crippen LogP contribution in [0.2, 0.25) is 5.02 Å². The van der Waals surface area contributed by atoms with Crippen LogP contribution in [0.5, 0.6) is 0 Å². The largest absolute Gasteiger partial charge is 0.286 e. The third-order valence-corrected chi connectivity index (χ3v) is 5.11. The van der Waals surface area contributed by atoms with Crippen LogP contribution in [0.25, 0.3) is 0 Å². The maximum atomic E-state index is 12.4.